The van der Waals surface area contributed by atoms with Crippen LogP contribution in [0.15, 0.2) is 36.5 Å². The van der Waals surface area contributed by atoms with Crippen LogP contribution in [0, 0.1) is 6.92 Å². The second-order valence-electron chi connectivity index (χ2n) is 4.39. The molecule has 5 heteroatoms. The Balaban J connectivity index is 2.15. The molecule has 5 nitrogen and oxygen atoms in total. The van der Waals surface area contributed by atoms with Crippen molar-refractivity contribution in [2.24, 2.45) is 7.05 Å². The van der Waals surface area contributed by atoms with Crippen LogP contribution in [0.3, 0.4) is 0 Å². The number of amides is 1. The molecule has 2 N–H and O–H groups in total. The number of hydrogen-bond donors (Lipinski definition) is 2. The van der Waals surface area contributed by atoms with Crippen LogP contribution in [0.25, 0.3) is 0 Å². The summed E-state index contributed by atoms with van der Waals surface area (Å²) in [6.07, 6.45) is 1.53. The van der Waals surface area contributed by atoms with Gasteiger partial charge in [-0.15, -0.1) is 0 Å². The molecule has 0 aliphatic rings. The summed E-state index contributed by atoms with van der Waals surface area (Å²) in [6, 6.07) is 8.98. The van der Waals surface area contributed by atoms with Crippen molar-refractivity contribution >= 4 is 5.91 Å². The lowest BCUT2D eigenvalue weighted by atomic mass is 10.1. The molecule has 0 radical (unpaired) electrons. The molecule has 0 aliphatic heterocycles. The average Bonchev–Trinajstić information content (AvgIpc) is 2.77. The molecular weight excluding hydrogens is 242 g/mol. The Hall–Kier alpha value is -2.14. The van der Waals surface area contributed by atoms with Crippen LogP contribution >= 0.6 is 0 Å². The Morgan fingerprint density at radius 3 is 2.63 bits per heavy atom. The molecule has 0 fully saturated rings. The van der Waals surface area contributed by atoms with Crippen LogP contribution in [-0.2, 0) is 7.05 Å². The first-order valence-electron chi connectivity index (χ1n) is 6.08. The maximum atomic E-state index is 12.1. The van der Waals surface area contributed by atoms with Gasteiger partial charge in [0.15, 0.2) is 0 Å². The number of carbonyl (C=O) groups excluding carboxylic acids is 1. The Morgan fingerprint density at radius 1 is 1.42 bits per heavy atom. The van der Waals surface area contributed by atoms with Gasteiger partial charge in [0.1, 0.15) is 0 Å². The number of carbonyl (C=O) groups is 1. The van der Waals surface area contributed by atoms with Crippen molar-refractivity contribution in [1.82, 2.24) is 15.1 Å². The highest BCUT2D eigenvalue weighted by molar-refractivity contribution is 5.95. The fraction of sp³-hybridized carbons (Fsp3) is 0.286. The van der Waals surface area contributed by atoms with Gasteiger partial charge in [-0.3, -0.25) is 9.48 Å². The van der Waals surface area contributed by atoms with Gasteiger partial charge in [0.05, 0.1) is 24.4 Å². The van der Waals surface area contributed by atoms with Crippen LogP contribution in [0.2, 0.25) is 0 Å². The van der Waals surface area contributed by atoms with Crippen molar-refractivity contribution in [2.45, 2.75) is 13.0 Å². The molecule has 0 bridgehead atoms. The van der Waals surface area contributed by atoms with Gasteiger partial charge in [0.2, 0.25) is 0 Å². The zero-order valence-corrected chi connectivity index (χ0v) is 11.0. The van der Waals surface area contributed by atoms with Gasteiger partial charge in [-0.05, 0) is 12.5 Å². The smallest absolute Gasteiger partial charge is 0.255 e. The number of aromatic nitrogens is 2. The van der Waals surface area contributed by atoms with Gasteiger partial charge in [0.25, 0.3) is 5.91 Å². The quantitative estimate of drug-likeness (QED) is 0.866. The number of aliphatic hydroxyl groups is 1. The molecule has 0 saturated carbocycles. The largest absolute Gasteiger partial charge is 0.394 e. The molecule has 0 unspecified atom stereocenters. The van der Waals surface area contributed by atoms with Crippen LogP contribution in [-0.4, -0.2) is 27.4 Å². The van der Waals surface area contributed by atoms with Crippen LogP contribution in [0.5, 0.6) is 0 Å². The van der Waals surface area contributed by atoms with E-state index in [0.717, 1.165) is 11.3 Å². The lowest BCUT2D eigenvalue weighted by Crippen LogP contribution is -2.31. The van der Waals surface area contributed by atoms with Gasteiger partial charge in [-0.1, -0.05) is 30.3 Å². The summed E-state index contributed by atoms with van der Waals surface area (Å²) in [5, 5.41) is 16.3. The molecule has 1 heterocycles. The molecule has 19 heavy (non-hydrogen) atoms. The summed E-state index contributed by atoms with van der Waals surface area (Å²) in [7, 11) is 1.78. The lowest BCUT2D eigenvalue weighted by Gasteiger charge is -2.16. The highest BCUT2D eigenvalue weighted by atomic mass is 16.3. The molecule has 100 valence electrons. The van der Waals surface area contributed by atoms with Crippen molar-refractivity contribution in [3.8, 4) is 0 Å². The number of hydrogen-bond acceptors (Lipinski definition) is 3. The molecule has 1 aromatic carbocycles. The normalized spacial score (nSPS) is 12.2. The minimum Gasteiger partial charge on any atom is -0.394 e. The SMILES string of the molecule is Cc1c(C(=O)N[C@H](CO)c2ccccc2)cnn1C. The second-order valence-corrected chi connectivity index (χ2v) is 4.39. The predicted molar refractivity (Wildman–Crippen MR) is 71.7 cm³/mol. The fourth-order valence-corrected chi connectivity index (χ4v) is 1.88. The highest BCUT2D eigenvalue weighted by Crippen LogP contribution is 2.13. The highest BCUT2D eigenvalue weighted by Gasteiger charge is 2.17. The van der Waals surface area contributed by atoms with Crippen LogP contribution < -0.4 is 5.32 Å². The maximum Gasteiger partial charge on any atom is 0.255 e. The summed E-state index contributed by atoms with van der Waals surface area (Å²) in [6.45, 7) is 1.69. The number of aryl methyl sites for hydroxylation is 1. The first-order valence-corrected chi connectivity index (χ1v) is 6.08. The maximum absolute atomic E-state index is 12.1. The number of aliphatic hydroxyl groups excluding tert-OH is 1. The zero-order valence-electron chi connectivity index (χ0n) is 11.0. The topological polar surface area (TPSA) is 67.2 Å². The van der Waals surface area contributed by atoms with E-state index in [2.05, 4.69) is 10.4 Å². The molecule has 1 amide bonds. The number of benzene rings is 1. The van der Waals surface area contributed by atoms with Gasteiger partial charge in [0, 0.05) is 12.7 Å². The lowest BCUT2D eigenvalue weighted by molar-refractivity contribution is 0.0915. The summed E-state index contributed by atoms with van der Waals surface area (Å²) in [5.41, 5.74) is 2.19. The van der Waals surface area contributed by atoms with Crippen molar-refractivity contribution in [3.05, 3.63) is 53.3 Å². The summed E-state index contributed by atoms with van der Waals surface area (Å²) in [4.78, 5) is 12.1. The minimum atomic E-state index is -0.409. The Kier molecular flexibility index (Phi) is 3.97. The van der Waals surface area contributed by atoms with Crippen molar-refractivity contribution in [1.29, 1.82) is 0 Å². The van der Waals surface area contributed by atoms with E-state index in [9.17, 15) is 9.90 Å². The van der Waals surface area contributed by atoms with Gasteiger partial charge >= 0.3 is 0 Å². The average molecular weight is 259 g/mol. The van der Waals surface area contributed by atoms with E-state index < -0.39 is 6.04 Å². The molecule has 2 aromatic rings. The third kappa shape index (κ3) is 2.82. The van der Waals surface area contributed by atoms with Crippen molar-refractivity contribution in [2.75, 3.05) is 6.61 Å². The minimum absolute atomic E-state index is 0.144. The van der Waals surface area contributed by atoms with Crippen molar-refractivity contribution < 1.29 is 9.90 Å². The van der Waals surface area contributed by atoms with E-state index in [1.807, 2.05) is 37.3 Å². The Labute approximate surface area is 111 Å². The van der Waals surface area contributed by atoms with E-state index in [-0.39, 0.29) is 12.5 Å². The molecule has 1 atom stereocenters. The van der Waals surface area contributed by atoms with Gasteiger partial charge in [-0.2, -0.15) is 5.10 Å². The fourth-order valence-electron chi connectivity index (χ4n) is 1.88. The van der Waals surface area contributed by atoms with E-state index in [1.54, 1.807) is 11.7 Å². The molecule has 0 saturated heterocycles. The van der Waals surface area contributed by atoms with Crippen LogP contribution in [0.4, 0.5) is 0 Å². The van der Waals surface area contributed by atoms with E-state index >= 15 is 0 Å². The van der Waals surface area contributed by atoms with Gasteiger partial charge < -0.3 is 10.4 Å². The van der Waals surface area contributed by atoms with E-state index in [0.29, 0.717) is 5.56 Å². The summed E-state index contributed by atoms with van der Waals surface area (Å²) >= 11 is 0. The van der Waals surface area contributed by atoms with E-state index in [4.69, 9.17) is 0 Å². The second kappa shape index (κ2) is 5.67. The number of nitrogens with one attached hydrogen (secondary N) is 1. The van der Waals surface area contributed by atoms with Crippen LogP contribution in [0.1, 0.15) is 27.7 Å². The molecule has 0 aliphatic carbocycles. The third-order valence-electron chi connectivity index (χ3n) is 3.17. The standard InChI is InChI=1S/C14H17N3O2/c1-10-12(8-15-17(10)2)14(19)16-13(9-18)11-6-4-3-5-7-11/h3-8,13,18H,9H2,1-2H3,(H,16,19)/t13-/m1/s1. The van der Waals surface area contributed by atoms with Crippen molar-refractivity contribution in [3.63, 3.8) is 0 Å². The Morgan fingerprint density at radius 2 is 2.11 bits per heavy atom. The summed E-state index contributed by atoms with van der Waals surface area (Å²) < 4.78 is 1.64. The number of rotatable bonds is 4. The first-order chi connectivity index (χ1) is 9.13. The molecule has 0 spiro atoms. The molecule has 1 aromatic heterocycles. The molecular formula is C14H17N3O2. The van der Waals surface area contributed by atoms with E-state index in [1.165, 1.54) is 6.20 Å². The predicted octanol–water partition coefficient (Wildman–Crippen LogP) is 1.19. The number of nitrogens with zero attached hydrogens (tertiary/aromatic N) is 2. The monoisotopic (exact) mass is 259 g/mol. The first kappa shape index (κ1) is 13.3. The van der Waals surface area contributed by atoms with Gasteiger partial charge in [-0.25, -0.2) is 0 Å². The zero-order chi connectivity index (χ0) is 13.8. The Bertz CT molecular complexity index is 563. The molecule has 2 rings (SSSR count). The third-order valence-corrected chi connectivity index (χ3v) is 3.17. The summed E-state index contributed by atoms with van der Waals surface area (Å²) in [5.74, 6) is -0.228.